The van der Waals surface area contributed by atoms with Crippen molar-refractivity contribution in [3.8, 4) is 0 Å². The molecule has 0 aromatic carbocycles. The molecule has 1 aliphatic heterocycles. The first-order valence-electron chi connectivity index (χ1n) is 8.07. The van der Waals surface area contributed by atoms with Crippen LogP contribution in [0.15, 0.2) is 0 Å². The molecular weight excluding hydrogens is 220 g/mol. The van der Waals surface area contributed by atoms with Gasteiger partial charge >= 0.3 is 0 Å². The summed E-state index contributed by atoms with van der Waals surface area (Å²) in [6.07, 6.45) is 8.26. The molecule has 108 valence electrons. The third-order valence-corrected chi connectivity index (χ3v) is 4.87. The zero-order valence-corrected chi connectivity index (χ0v) is 13.1. The molecular formula is C16H34N2. The molecule has 1 heterocycles. The highest BCUT2D eigenvalue weighted by Crippen LogP contribution is 2.37. The van der Waals surface area contributed by atoms with Crippen molar-refractivity contribution in [2.24, 2.45) is 5.41 Å². The fourth-order valence-corrected chi connectivity index (χ4v) is 3.06. The Balaban J connectivity index is 2.09. The van der Waals surface area contributed by atoms with E-state index in [0.29, 0.717) is 11.5 Å². The highest BCUT2D eigenvalue weighted by Gasteiger charge is 2.30. The molecule has 18 heavy (non-hydrogen) atoms. The molecule has 1 fully saturated rings. The van der Waals surface area contributed by atoms with Gasteiger partial charge < -0.3 is 10.2 Å². The summed E-state index contributed by atoms with van der Waals surface area (Å²) in [4.78, 5) is 2.68. The second-order valence-electron chi connectivity index (χ2n) is 6.36. The number of unbranched alkanes of at least 4 members (excludes halogenated alkanes) is 1. The van der Waals surface area contributed by atoms with E-state index in [1.54, 1.807) is 0 Å². The smallest absolute Gasteiger partial charge is 0.00103 e. The molecule has 1 aliphatic rings. The van der Waals surface area contributed by atoms with Gasteiger partial charge in [0.25, 0.3) is 0 Å². The molecule has 0 aromatic heterocycles. The molecule has 0 spiro atoms. The summed E-state index contributed by atoms with van der Waals surface area (Å²) in [6.45, 7) is 14.3. The molecule has 1 rings (SSSR count). The Hall–Kier alpha value is -0.0800. The fourth-order valence-electron chi connectivity index (χ4n) is 3.06. The van der Waals surface area contributed by atoms with Crippen LogP contribution in [0, 0.1) is 5.41 Å². The van der Waals surface area contributed by atoms with Gasteiger partial charge in [-0.3, -0.25) is 0 Å². The quantitative estimate of drug-likeness (QED) is 0.665. The predicted molar refractivity (Wildman–Crippen MR) is 81.1 cm³/mol. The van der Waals surface area contributed by atoms with Crippen molar-refractivity contribution in [3.63, 3.8) is 0 Å². The van der Waals surface area contributed by atoms with Gasteiger partial charge in [-0.25, -0.2) is 0 Å². The first-order chi connectivity index (χ1) is 8.62. The van der Waals surface area contributed by atoms with Crippen LogP contribution in [-0.2, 0) is 0 Å². The minimum absolute atomic E-state index is 0.634. The van der Waals surface area contributed by atoms with Crippen molar-refractivity contribution in [1.29, 1.82) is 0 Å². The van der Waals surface area contributed by atoms with Crippen LogP contribution in [0.4, 0.5) is 0 Å². The summed E-state index contributed by atoms with van der Waals surface area (Å²) in [5.74, 6) is 0. The van der Waals surface area contributed by atoms with E-state index in [9.17, 15) is 0 Å². The summed E-state index contributed by atoms with van der Waals surface area (Å²) in [7, 11) is 0. The predicted octanol–water partition coefficient (Wildman–Crippen LogP) is 3.67. The summed E-state index contributed by atoms with van der Waals surface area (Å²) < 4.78 is 0. The third kappa shape index (κ3) is 5.27. The van der Waals surface area contributed by atoms with Crippen LogP contribution in [0.2, 0.25) is 0 Å². The first-order valence-corrected chi connectivity index (χ1v) is 8.07. The first kappa shape index (κ1) is 16.0. The van der Waals surface area contributed by atoms with Crippen LogP contribution in [0.3, 0.4) is 0 Å². The zero-order chi connectivity index (χ0) is 13.4. The summed E-state index contributed by atoms with van der Waals surface area (Å²) in [5, 5.41) is 3.50. The highest BCUT2D eigenvalue weighted by atomic mass is 15.1. The molecule has 0 unspecified atom stereocenters. The molecule has 0 saturated carbocycles. The number of piperidine rings is 1. The van der Waals surface area contributed by atoms with Gasteiger partial charge in [0, 0.05) is 6.04 Å². The van der Waals surface area contributed by atoms with E-state index in [1.807, 2.05) is 0 Å². The van der Waals surface area contributed by atoms with E-state index >= 15 is 0 Å². The molecule has 2 nitrogen and oxygen atoms in total. The van der Waals surface area contributed by atoms with E-state index in [4.69, 9.17) is 0 Å². The molecule has 0 bridgehead atoms. The van der Waals surface area contributed by atoms with Crippen molar-refractivity contribution in [3.05, 3.63) is 0 Å². The summed E-state index contributed by atoms with van der Waals surface area (Å²) in [6, 6.07) is 0.634. The van der Waals surface area contributed by atoms with Crippen molar-refractivity contribution < 1.29 is 0 Å². The van der Waals surface area contributed by atoms with Crippen LogP contribution in [0.5, 0.6) is 0 Å². The number of likely N-dealkylation sites (tertiary alicyclic amines) is 1. The van der Waals surface area contributed by atoms with Gasteiger partial charge in [0.15, 0.2) is 0 Å². The molecule has 0 amide bonds. The van der Waals surface area contributed by atoms with Gasteiger partial charge in [-0.15, -0.1) is 0 Å². The lowest BCUT2D eigenvalue weighted by atomic mass is 9.74. The van der Waals surface area contributed by atoms with Crippen LogP contribution in [-0.4, -0.2) is 37.1 Å². The van der Waals surface area contributed by atoms with Crippen molar-refractivity contribution >= 4 is 0 Å². The Morgan fingerprint density at radius 1 is 1.06 bits per heavy atom. The van der Waals surface area contributed by atoms with Gasteiger partial charge in [0.05, 0.1) is 0 Å². The maximum absolute atomic E-state index is 3.50. The number of hydrogen-bond acceptors (Lipinski definition) is 2. The van der Waals surface area contributed by atoms with E-state index in [-0.39, 0.29) is 0 Å². The molecule has 0 aliphatic carbocycles. The van der Waals surface area contributed by atoms with Crippen LogP contribution in [0.1, 0.15) is 66.2 Å². The van der Waals surface area contributed by atoms with Gasteiger partial charge in [-0.05, 0) is 57.3 Å². The molecule has 0 atom stereocenters. The Labute approximate surface area is 115 Å². The molecule has 2 heteroatoms. The SMILES string of the molecule is CCC1(CC)CCN(CCCCNC(C)C)CC1. The van der Waals surface area contributed by atoms with Gasteiger partial charge in [0.2, 0.25) is 0 Å². The number of nitrogens with zero attached hydrogens (tertiary/aromatic N) is 1. The number of rotatable bonds is 8. The number of nitrogens with one attached hydrogen (secondary N) is 1. The molecule has 0 aromatic rings. The van der Waals surface area contributed by atoms with E-state index in [1.165, 1.54) is 64.7 Å². The minimum Gasteiger partial charge on any atom is -0.315 e. The Bertz CT molecular complexity index is 199. The van der Waals surface area contributed by atoms with Gasteiger partial charge in [-0.1, -0.05) is 40.5 Å². The number of hydrogen-bond donors (Lipinski definition) is 1. The monoisotopic (exact) mass is 254 g/mol. The van der Waals surface area contributed by atoms with Gasteiger partial charge in [0.1, 0.15) is 0 Å². The summed E-state index contributed by atoms with van der Waals surface area (Å²) in [5.41, 5.74) is 0.676. The van der Waals surface area contributed by atoms with Gasteiger partial charge in [-0.2, -0.15) is 0 Å². The van der Waals surface area contributed by atoms with Crippen molar-refractivity contribution in [1.82, 2.24) is 10.2 Å². The van der Waals surface area contributed by atoms with Crippen molar-refractivity contribution in [2.75, 3.05) is 26.2 Å². The highest BCUT2D eigenvalue weighted by molar-refractivity contribution is 4.83. The fraction of sp³-hybridized carbons (Fsp3) is 1.00. The Morgan fingerprint density at radius 3 is 2.17 bits per heavy atom. The van der Waals surface area contributed by atoms with Crippen LogP contribution >= 0.6 is 0 Å². The third-order valence-electron chi connectivity index (χ3n) is 4.87. The zero-order valence-electron chi connectivity index (χ0n) is 13.1. The lowest BCUT2D eigenvalue weighted by molar-refractivity contribution is 0.0943. The van der Waals surface area contributed by atoms with E-state index in [2.05, 4.69) is 37.9 Å². The Morgan fingerprint density at radius 2 is 1.67 bits per heavy atom. The second-order valence-corrected chi connectivity index (χ2v) is 6.36. The summed E-state index contributed by atoms with van der Waals surface area (Å²) >= 11 is 0. The standard InChI is InChI=1S/C16H34N2/c1-5-16(6-2)9-13-18(14-10-16)12-8-7-11-17-15(3)4/h15,17H,5-14H2,1-4H3. The van der Waals surface area contributed by atoms with Crippen LogP contribution < -0.4 is 5.32 Å². The normalized spacial score (nSPS) is 20.5. The molecule has 1 saturated heterocycles. The topological polar surface area (TPSA) is 15.3 Å². The van der Waals surface area contributed by atoms with E-state index < -0.39 is 0 Å². The lowest BCUT2D eigenvalue weighted by Gasteiger charge is -2.41. The average Bonchev–Trinajstić information content (AvgIpc) is 2.39. The molecule has 1 N–H and O–H groups in total. The second kappa shape index (κ2) is 8.16. The largest absolute Gasteiger partial charge is 0.315 e. The van der Waals surface area contributed by atoms with Crippen LogP contribution in [0.25, 0.3) is 0 Å². The maximum Gasteiger partial charge on any atom is 0.00103 e. The Kier molecular flexibility index (Phi) is 7.25. The van der Waals surface area contributed by atoms with Crippen molar-refractivity contribution in [2.45, 2.75) is 72.3 Å². The lowest BCUT2D eigenvalue weighted by Crippen LogP contribution is -2.40. The minimum atomic E-state index is 0.634. The molecule has 0 radical (unpaired) electrons. The van der Waals surface area contributed by atoms with E-state index in [0.717, 1.165) is 0 Å². The average molecular weight is 254 g/mol. The maximum atomic E-state index is 3.50.